The molecule has 118 valence electrons. The lowest BCUT2D eigenvalue weighted by molar-refractivity contribution is 0.219. The van der Waals surface area contributed by atoms with E-state index in [2.05, 4.69) is 33.0 Å². The average Bonchev–Trinajstić information content (AvgIpc) is 2.98. The van der Waals surface area contributed by atoms with E-state index in [0.29, 0.717) is 11.4 Å². The van der Waals surface area contributed by atoms with Crippen molar-refractivity contribution in [1.82, 2.24) is 19.6 Å². The second-order valence-corrected chi connectivity index (χ2v) is 5.82. The summed E-state index contributed by atoms with van der Waals surface area (Å²) in [6.07, 6.45) is 3.39. The normalized spacial score (nSPS) is 16.0. The maximum absolute atomic E-state index is 9.30. The Kier molecular flexibility index (Phi) is 4.40. The Balaban J connectivity index is 1.87. The van der Waals surface area contributed by atoms with E-state index >= 15 is 0 Å². The van der Waals surface area contributed by atoms with Gasteiger partial charge in [-0.15, -0.1) is 0 Å². The van der Waals surface area contributed by atoms with Gasteiger partial charge in [-0.05, 0) is 26.1 Å². The monoisotopic (exact) mass is 308 g/mol. The van der Waals surface area contributed by atoms with Gasteiger partial charge in [-0.2, -0.15) is 10.4 Å². The van der Waals surface area contributed by atoms with Crippen LogP contribution in [-0.2, 0) is 0 Å². The van der Waals surface area contributed by atoms with Crippen molar-refractivity contribution in [1.29, 1.82) is 5.26 Å². The van der Waals surface area contributed by atoms with Gasteiger partial charge in [0.2, 0.25) is 0 Å². The van der Waals surface area contributed by atoms with Crippen molar-refractivity contribution < 1.29 is 0 Å². The summed E-state index contributed by atoms with van der Waals surface area (Å²) in [5.74, 6) is 0.579. The highest BCUT2D eigenvalue weighted by molar-refractivity contribution is 5.64. The van der Waals surface area contributed by atoms with Crippen LogP contribution in [0, 0.1) is 18.3 Å². The van der Waals surface area contributed by atoms with Crippen LogP contribution in [0.15, 0.2) is 35.5 Å². The number of hydrogen-bond acceptors (Lipinski definition) is 4. The molecule has 2 aromatic rings. The molecule has 2 heterocycles. The fraction of sp³-hybridized carbons (Fsp3) is 0.353. The summed E-state index contributed by atoms with van der Waals surface area (Å²) < 4.78 is 1.71. The summed E-state index contributed by atoms with van der Waals surface area (Å²) in [6.45, 7) is 5.98. The fourth-order valence-electron chi connectivity index (χ4n) is 2.49. The van der Waals surface area contributed by atoms with Gasteiger partial charge in [0.15, 0.2) is 5.82 Å². The lowest BCUT2D eigenvalue weighted by Crippen LogP contribution is -2.43. The fourth-order valence-corrected chi connectivity index (χ4v) is 2.49. The minimum atomic E-state index is 0.482. The van der Waals surface area contributed by atoms with Crippen LogP contribution < -0.4 is 0 Å². The number of benzene rings is 1. The first-order valence-electron chi connectivity index (χ1n) is 7.69. The number of aryl methyl sites for hydroxylation is 1. The molecule has 1 aliphatic heterocycles. The maximum Gasteiger partial charge on any atom is 0.175 e. The molecule has 0 saturated carbocycles. The Bertz CT molecular complexity index is 729. The van der Waals surface area contributed by atoms with Gasteiger partial charge in [0.25, 0.3) is 0 Å². The van der Waals surface area contributed by atoms with Crippen LogP contribution in [0.2, 0.25) is 0 Å². The third kappa shape index (κ3) is 3.41. The molecule has 1 aromatic carbocycles. The zero-order chi connectivity index (χ0) is 16.2. The van der Waals surface area contributed by atoms with Crippen molar-refractivity contribution in [2.75, 3.05) is 33.2 Å². The zero-order valence-electron chi connectivity index (χ0n) is 13.5. The van der Waals surface area contributed by atoms with Gasteiger partial charge in [-0.25, -0.2) is 9.67 Å². The number of aliphatic imine (C=N–C) groups is 1. The predicted molar refractivity (Wildman–Crippen MR) is 90.2 cm³/mol. The van der Waals surface area contributed by atoms with Crippen LogP contribution in [0.4, 0.5) is 5.82 Å². The SMILES string of the molecule is Cc1ccc(-n2ncc(C#N)c2N=CN2CCN(C)CC2)cc1. The minimum Gasteiger partial charge on any atom is -0.360 e. The lowest BCUT2D eigenvalue weighted by Gasteiger charge is -2.30. The molecule has 0 N–H and O–H groups in total. The summed E-state index contributed by atoms with van der Waals surface area (Å²) in [7, 11) is 2.12. The van der Waals surface area contributed by atoms with Gasteiger partial charge >= 0.3 is 0 Å². The highest BCUT2D eigenvalue weighted by Crippen LogP contribution is 2.22. The Morgan fingerprint density at radius 2 is 1.87 bits per heavy atom. The zero-order valence-corrected chi connectivity index (χ0v) is 13.5. The largest absolute Gasteiger partial charge is 0.360 e. The standard InChI is InChI=1S/C17H20N6/c1-14-3-5-16(6-4-14)23-17(15(11-18)12-20-23)19-13-22-9-7-21(2)8-10-22/h3-6,12-13H,7-10H2,1-2H3. The van der Waals surface area contributed by atoms with Gasteiger partial charge < -0.3 is 9.80 Å². The second-order valence-electron chi connectivity index (χ2n) is 5.82. The van der Waals surface area contributed by atoms with Crippen molar-refractivity contribution in [2.24, 2.45) is 4.99 Å². The Morgan fingerprint density at radius 1 is 1.17 bits per heavy atom. The number of piperazine rings is 1. The molecule has 0 bridgehead atoms. The number of hydrogen-bond donors (Lipinski definition) is 0. The van der Waals surface area contributed by atoms with E-state index in [1.54, 1.807) is 10.9 Å². The molecular formula is C17H20N6. The Morgan fingerprint density at radius 3 is 2.52 bits per heavy atom. The minimum absolute atomic E-state index is 0.482. The topological polar surface area (TPSA) is 60.5 Å². The molecule has 6 heteroatoms. The summed E-state index contributed by atoms with van der Waals surface area (Å²) in [4.78, 5) is 9.01. The van der Waals surface area contributed by atoms with Crippen molar-refractivity contribution in [3.63, 3.8) is 0 Å². The Hall–Kier alpha value is -2.65. The third-order valence-corrected chi connectivity index (χ3v) is 4.02. The van der Waals surface area contributed by atoms with Gasteiger partial charge in [0.1, 0.15) is 11.6 Å². The predicted octanol–water partition coefficient (Wildman–Crippen LogP) is 1.96. The average molecular weight is 308 g/mol. The van der Waals surface area contributed by atoms with E-state index in [4.69, 9.17) is 0 Å². The summed E-state index contributed by atoms with van der Waals surface area (Å²) in [5, 5.41) is 13.6. The van der Waals surface area contributed by atoms with E-state index < -0.39 is 0 Å². The smallest absolute Gasteiger partial charge is 0.175 e. The Labute approximate surface area is 136 Å². The first-order valence-corrected chi connectivity index (χ1v) is 7.69. The first-order chi connectivity index (χ1) is 11.2. The van der Waals surface area contributed by atoms with E-state index in [0.717, 1.165) is 31.9 Å². The molecule has 6 nitrogen and oxygen atoms in total. The molecule has 3 rings (SSSR count). The molecule has 1 aromatic heterocycles. The summed E-state index contributed by atoms with van der Waals surface area (Å²) >= 11 is 0. The van der Waals surface area contributed by atoms with E-state index in [9.17, 15) is 5.26 Å². The molecule has 1 fully saturated rings. The molecule has 0 unspecified atom stereocenters. The number of nitrogens with zero attached hydrogens (tertiary/aromatic N) is 6. The van der Waals surface area contributed by atoms with E-state index in [-0.39, 0.29) is 0 Å². The molecule has 0 aliphatic carbocycles. The summed E-state index contributed by atoms with van der Waals surface area (Å²) in [6, 6.07) is 10.2. The van der Waals surface area contributed by atoms with Crippen LogP contribution >= 0.6 is 0 Å². The van der Waals surface area contributed by atoms with Gasteiger partial charge in [0.05, 0.1) is 18.2 Å². The number of aromatic nitrogens is 2. The van der Waals surface area contributed by atoms with Crippen LogP contribution in [0.3, 0.4) is 0 Å². The number of likely N-dealkylation sites (N-methyl/N-ethyl adjacent to an activating group) is 1. The van der Waals surface area contributed by atoms with Crippen LogP contribution in [0.25, 0.3) is 5.69 Å². The van der Waals surface area contributed by atoms with Crippen LogP contribution in [0.1, 0.15) is 11.1 Å². The van der Waals surface area contributed by atoms with E-state index in [1.165, 1.54) is 5.56 Å². The molecule has 1 aliphatic rings. The molecule has 0 radical (unpaired) electrons. The molecular weight excluding hydrogens is 288 g/mol. The van der Waals surface area contributed by atoms with Crippen molar-refractivity contribution in [3.05, 3.63) is 41.6 Å². The highest BCUT2D eigenvalue weighted by atomic mass is 15.3. The quantitative estimate of drug-likeness (QED) is 0.642. The van der Waals surface area contributed by atoms with E-state index in [1.807, 2.05) is 37.5 Å². The van der Waals surface area contributed by atoms with Crippen LogP contribution in [0.5, 0.6) is 0 Å². The van der Waals surface area contributed by atoms with Gasteiger partial charge in [-0.1, -0.05) is 17.7 Å². The maximum atomic E-state index is 9.30. The van der Waals surface area contributed by atoms with Crippen molar-refractivity contribution >= 4 is 12.2 Å². The first kappa shape index (κ1) is 15.3. The molecule has 0 amide bonds. The molecule has 1 saturated heterocycles. The lowest BCUT2D eigenvalue weighted by atomic mass is 10.2. The van der Waals surface area contributed by atoms with Crippen molar-refractivity contribution in [2.45, 2.75) is 6.92 Å². The highest BCUT2D eigenvalue weighted by Gasteiger charge is 2.13. The molecule has 0 spiro atoms. The van der Waals surface area contributed by atoms with Crippen molar-refractivity contribution in [3.8, 4) is 11.8 Å². The number of nitriles is 1. The molecule has 0 atom stereocenters. The molecule has 23 heavy (non-hydrogen) atoms. The summed E-state index contributed by atoms with van der Waals surface area (Å²) in [5.41, 5.74) is 2.57. The van der Waals surface area contributed by atoms with Gasteiger partial charge in [0, 0.05) is 26.2 Å². The third-order valence-electron chi connectivity index (χ3n) is 4.02. The second kappa shape index (κ2) is 6.63. The van der Waals surface area contributed by atoms with Gasteiger partial charge in [-0.3, -0.25) is 0 Å². The number of rotatable bonds is 3. The van der Waals surface area contributed by atoms with Crippen LogP contribution in [-0.4, -0.2) is 59.1 Å².